The minimum absolute atomic E-state index is 0.227. The zero-order valence-corrected chi connectivity index (χ0v) is 13.0. The average molecular weight is 289 g/mol. The number of carbonyl (C=O) groups is 1. The Morgan fingerprint density at radius 2 is 2.05 bits per heavy atom. The number of allylic oxidation sites excluding steroid dienone is 2. The Kier molecular flexibility index (Phi) is 5.26. The SMILES string of the molecule is CCCCOc1cc(NC2=C(C)C(=O)CC2)ccc1OC. The van der Waals surface area contributed by atoms with Gasteiger partial charge in [-0.05, 0) is 31.9 Å². The maximum Gasteiger partial charge on any atom is 0.163 e. The molecule has 0 heterocycles. The number of benzene rings is 1. The van der Waals surface area contributed by atoms with E-state index in [4.69, 9.17) is 9.47 Å². The first-order chi connectivity index (χ1) is 10.2. The zero-order valence-electron chi connectivity index (χ0n) is 13.0. The Balaban J connectivity index is 2.13. The number of Topliss-reactive ketones (excluding diaryl/α,β-unsaturated/α-hetero) is 1. The molecule has 0 saturated carbocycles. The summed E-state index contributed by atoms with van der Waals surface area (Å²) < 4.78 is 11.1. The second-order valence-corrected chi connectivity index (χ2v) is 5.22. The molecule has 0 fully saturated rings. The number of anilines is 1. The lowest BCUT2D eigenvalue weighted by Gasteiger charge is -2.14. The van der Waals surface area contributed by atoms with E-state index in [-0.39, 0.29) is 5.78 Å². The maximum absolute atomic E-state index is 11.6. The third kappa shape index (κ3) is 3.78. The van der Waals surface area contributed by atoms with Crippen molar-refractivity contribution in [3.8, 4) is 11.5 Å². The average Bonchev–Trinajstić information content (AvgIpc) is 2.80. The minimum atomic E-state index is 0.227. The van der Waals surface area contributed by atoms with Gasteiger partial charge in [-0.2, -0.15) is 0 Å². The summed E-state index contributed by atoms with van der Waals surface area (Å²) in [4.78, 5) is 11.6. The lowest BCUT2D eigenvalue weighted by Crippen LogP contribution is -2.02. The lowest BCUT2D eigenvalue weighted by molar-refractivity contribution is -0.114. The largest absolute Gasteiger partial charge is 0.493 e. The fourth-order valence-electron chi connectivity index (χ4n) is 2.31. The molecule has 1 aliphatic rings. The number of methoxy groups -OCH3 is 1. The van der Waals surface area contributed by atoms with Crippen LogP contribution in [0.4, 0.5) is 5.69 Å². The zero-order chi connectivity index (χ0) is 15.2. The van der Waals surface area contributed by atoms with Crippen molar-refractivity contribution in [1.82, 2.24) is 0 Å². The van der Waals surface area contributed by atoms with Crippen LogP contribution in [0.15, 0.2) is 29.5 Å². The second kappa shape index (κ2) is 7.16. The van der Waals surface area contributed by atoms with Gasteiger partial charge in [0.25, 0.3) is 0 Å². The molecule has 1 N–H and O–H groups in total. The molecule has 0 aromatic heterocycles. The highest BCUT2D eigenvalue weighted by Crippen LogP contribution is 2.32. The molecule has 0 bridgehead atoms. The molecule has 0 saturated heterocycles. The lowest BCUT2D eigenvalue weighted by atomic mass is 10.2. The molecule has 0 radical (unpaired) electrons. The van der Waals surface area contributed by atoms with E-state index in [9.17, 15) is 4.79 Å². The van der Waals surface area contributed by atoms with Crippen LogP contribution in [-0.2, 0) is 4.79 Å². The molecule has 4 nitrogen and oxygen atoms in total. The third-order valence-electron chi connectivity index (χ3n) is 3.69. The molecule has 114 valence electrons. The highest BCUT2D eigenvalue weighted by molar-refractivity contribution is 5.98. The molecule has 0 spiro atoms. The van der Waals surface area contributed by atoms with E-state index in [0.29, 0.717) is 13.0 Å². The van der Waals surface area contributed by atoms with Crippen molar-refractivity contribution in [3.63, 3.8) is 0 Å². The number of hydrogen-bond donors (Lipinski definition) is 1. The van der Waals surface area contributed by atoms with Crippen molar-refractivity contribution in [3.05, 3.63) is 29.5 Å². The molecule has 4 heteroatoms. The van der Waals surface area contributed by atoms with Crippen molar-refractivity contribution in [2.75, 3.05) is 19.0 Å². The Morgan fingerprint density at radius 1 is 1.24 bits per heavy atom. The van der Waals surface area contributed by atoms with Crippen LogP contribution in [0.25, 0.3) is 0 Å². The van der Waals surface area contributed by atoms with Crippen LogP contribution in [0.3, 0.4) is 0 Å². The maximum atomic E-state index is 11.6. The monoisotopic (exact) mass is 289 g/mol. The van der Waals surface area contributed by atoms with Gasteiger partial charge in [-0.25, -0.2) is 0 Å². The van der Waals surface area contributed by atoms with Crippen LogP contribution in [0, 0.1) is 0 Å². The van der Waals surface area contributed by atoms with Crippen molar-refractivity contribution >= 4 is 11.5 Å². The first-order valence-electron chi connectivity index (χ1n) is 7.46. The van der Waals surface area contributed by atoms with Crippen molar-refractivity contribution < 1.29 is 14.3 Å². The van der Waals surface area contributed by atoms with E-state index in [0.717, 1.165) is 47.7 Å². The number of carbonyl (C=O) groups excluding carboxylic acids is 1. The van der Waals surface area contributed by atoms with E-state index in [2.05, 4.69) is 12.2 Å². The molecular weight excluding hydrogens is 266 g/mol. The van der Waals surface area contributed by atoms with Crippen LogP contribution in [0.5, 0.6) is 11.5 Å². The van der Waals surface area contributed by atoms with E-state index in [1.165, 1.54) is 0 Å². The number of ketones is 1. The quantitative estimate of drug-likeness (QED) is 0.773. The topological polar surface area (TPSA) is 47.6 Å². The highest BCUT2D eigenvalue weighted by Gasteiger charge is 2.19. The molecule has 2 rings (SSSR count). The molecule has 0 amide bonds. The second-order valence-electron chi connectivity index (χ2n) is 5.22. The summed E-state index contributed by atoms with van der Waals surface area (Å²) in [6.45, 7) is 4.68. The van der Waals surface area contributed by atoms with E-state index >= 15 is 0 Å². The van der Waals surface area contributed by atoms with Gasteiger partial charge in [-0.15, -0.1) is 0 Å². The van der Waals surface area contributed by atoms with Gasteiger partial charge in [-0.1, -0.05) is 13.3 Å². The number of hydrogen-bond acceptors (Lipinski definition) is 4. The molecule has 1 aliphatic carbocycles. The van der Waals surface area contributed by atoms with Gasteiger partial charge in [0.15, 0.2) is 17.3 Å². The summed E-state index contributed by atoms with van der Waals surface area (Å²) in [5.74, 6) is 1.69. The van der Waals surface area contributed by atoms with E-state index in [1.54, 1.807) is 7.11 Å². The van der Waals surface area contributed by atoms with Gasteiger partial charge in [0.05, 0.1) is 13.7 Å². The fourth-order valence-corrected chi connectivity index (χ4v) is 2.31. The van der Waals surface area contributed by atoms with Gasteiger partial charge in [0.1, 0.15) is 0 Å². The van der Waals surface area contributed by atoms with E-state index < -0.39 is 0 Å². The van der Waals surface area contributed by atoms with Gasteiger partial charge < -0.3 is 14.8 Å². The van der Waals surface area contributed by atoms with Crippen molar-refractivity contribution in [2.45, 2.75) is 39.5 Å². The Hall–Kier alpha value is -1.97. The van der Waals surface area contributed by atoms with Gasteiger partial charge in [0, 0.05) is 29.4 Å². The Labute approximate surface area is 126 Å². The number of ether oxygens (including phenoxy) is 2. The molecular formula is C17H23NO3. The summed E-state index contributed by atoms with van der Waals surface area (Å²) in [6, 6.07) is 5.75. The molecule has 1 aromatic carbocycles. The fraction of sp³-hybridized carbons (Fsp3) is 0.471. The summed E-state index contributed by atoms with van der Waals surface area (Å²) in [7, 11) is 1.64. The predicted molar refractivity (Wildman–Crippen MR) is 84.0 cm³/mol. The molecule has 1 aromatic rings. The van der Waals surface area contributed by atoms with Gasteiger partial charge in [0.2, 0.25) is 0 Å². The first kappa shape index (κ1) is 15.4. The van der Waals surface area contributed by atoms with Crippen LogP contribution >= 0.6 is 0 Å². The third-order valence-corrected chi connectivity index (χ3v) is 3.69. The smallest absolute Gasteiger partial charge is 0.163 e. The normalized spacial score (nSPS) is 14.5. The summed E-state index contributed by atoms with van der Waals surface area (Å²) in [5, 5.41) is 3.33. The summed E-state index contributed by atoms with van der Waals surface area (Å²) >= 11 is 0. The van der Waals surface area contributed by atoms with Crippen molar-refractivity contribution in [1.29, 1.82) is 0 Å². The standard InChI is InChI=1S/C17H23NO3/c1-4-5-10-21-17-11-13(6-9-16(17)20-3)18-14-7-8-15(19)12(14)2/h6,9,11,18H,4-5,7-8,10H2,1-3H3. The summed E-state index contributed by atoms with van der Waals surface area (Å²) in [5.41, 5.74) is 2.76. The van der Waals surface area contributed by atoms with Crippen LogP contribution < -0.4 is 14.8 Å². The van der Waals surface area contributed by atoms with Crippen molar-refractivity contribution in [2.24, 2.45) is 0 Å². The minimum Gasteiger partial charge on any atom is -0.493 e. The summed E-state index contributed by atoms with van der Waals surface area (Å²) in [6.07, 6.45) is 3.49. The molecule has 0 atom stereocenters. The molecule has 0 aliphatic heterocycles. The highest BCUT2D eigenvalue weighted by atomic mass is 16.5. The molecule has 21 heavy (non-hydrogen) atoms. The van der Waals surface area contributed by atoms with E-state index in [1.807, 2.05) is 25.1 Å². The van der Waals surface area contributed by atoms with Crippen LogP contribution in [0.1, 0.15) is 39.5 Å². The Morgan fingerprint density at radius 3 is 2.67 bits per heavy atom. The number of rotatable bonds is 7. The predicted octanol–water partition coefficient (Wildman–Crippen LogP) is 3.92. The van der Waals surface area contributed by atoms with Crippen LogP contribution in [-0.4, -0.2) is 19.5 Å². The van der Waals surface area contributed by atoms with Gasteiger partial charge >= 0.3 is 0 Å². The van der Waals surface area contributed by atoms with Crippen LogP contribution in [0.2, 0.25) is 0 Å². The number of nitrogens with one attached hydrogen (secondary N) is 1. The molecule has 0 unspecified atom stereocenters. The Bertz CT molecular complexity index is 549. The van der Waals surface area contributed by atoms with Gasteiger partial charge in [-0.3, -0.25) is 4.79 Å². The first-order valence-corrected chi connectivity index (χ1v) is 7.46. The number of unbranched alkanes of at least 4 members (excludes halogenated alkanes) is 1.